The molecular formula is C24H29N3O. The van der Waals surface area contributed by atoms with E-state index >= 15 is 0 Å². The van der Waals surface area contributed by atoms with Gasteiger partial charge >= 0.3 is 0 Å². The first-order chi connectivity index (χ1) is 13.8. The molecule has 0 unspecified atom stereocenters. The molecule has 3 aromatic rings. The summed E-state index contributed by atoms with van der Waals surface area (Å²) in [6.45, 7) is 4.69. The van der Waals surface area contributed by atoms with Gasteiger partial charge < -0.3 is 15.0 Å². The van der Waals surface area contributed by atoms with E-state index in [0.717, 1.165) is 41.2 Å². The Kier molecular flexibility index (Phi) is 6.07. The van der Waals surface area contributed by atoms with Gasteiger partial charge in [0.15, 0.2) is 0 Å². The molecule has 2 heterocycles. The number of aromatic nitrogens is 1. The molecule has 0 atom stereocenters. The third kappa shape index (κ3) is 4.45. The Labute approximate surface area is 167 Å². The van der Waals surface area contributed by atoms with E-state index in [-0.39, 0.29) is 0 Å². The molecule has 146 valence electrons. The lowest BCUT2D eigenvalue weighted by Crippen LogP contribution is -2.31. The normalized spacial score (nSPS) is 14.9. The van der Waals surface area contributed by atoms with Gasteiger partial charge in [-0.1, -0.05) is 24.6 Å². The minimum atomic E-state index is 0.862. The second-order valence-electron chi connectivity index (χ2n) is 7.48. The zero-order chi connectivity index (χ0) is 19.2. The van der Waals surface area contributed by atoms with Crippen LogP contribution in [-0.4, -0.2) is 43.2 Å². The second kappa shape index (κ2) is 9.07. The minimum Gasteiger partial charge on any atom is -0.497 e. The quantitative estimate of drug-likeness (QED) is 0.576. The SMILES string of the molecule is COc1ccc(-c2cc(NCCCN3CCCCC3)c3ccccc3n2)cc1. The van der Waals surface area contributed by atoms with E-state index in [0.29, 0.717) is 0 Å². The largest absolute Gasteiger partial charge is 0.497 e. The average molecular weight is 376 g/mol. The number of nitrogens with one attached hydrogen (secondary N) is 1. The third-order valence-corrected chi connectivity index (χ3v) is 5.52. The third-order valence-electron chi connectivity index (χ3n) is 5.52. The summed E-state index contributed by atoms with van der Waals surface area (Å²) in [5.74, 6) is 0.862. The Morgan fingerprint density at radius 1 is 1.00 bits per heavy atom. The number of anilines is 1. The van der Waals surface area contributed by atoms with Gasteiger partial charge in [0.1, 0.15) is 5.75 Å². The maximum atomic E-state index is 5.28. The summed E-state index contributed by atoms with van der Waals surface area (Å²) in [5.41, 5.74) is 4.27. The molecule has 2 aromatic carbocycles. The zero-order valence-corrected chi connectivity index (χ0v) is 16.7. The monoisotopic (exact) mass is 375 g/mol. The number of fused-ring (bicyclic) bond motifs is 1. The molecule has 1 aliphatic heterocycles. The van der Waals surface area contributed by atoms with E-state index in [9.17, 15) is 0 Å². The van der Waals surface area contributed by atoms with Crippen molar-refractivity contribution in [3.63, 3.8) is 0 Å². The predicted octanol–water partition coefficient (Wildman–Crippen LogP) is 5.20. The number of rotatable bonds is 7. The maximum Gasteiger partial charge on any atom is 0.118 e. The first-order valence-corrected chi connectivity index (χ1v) is 10.3. The molecule has 4 heteroatoms. The number of piperidine rings is 1. The van der Waals surface area contributed by atoms with Gasteiger partial charge in [-0.05, 0) is 75.3 Å². The number of hydrogen-bond donors (Lipinski definition) is 1. The van der Waals surface area contributed by atoms with Crippen LogP contribution in [-0.2, 0) is 0 Å². The maximum absolute atomic E-state index is 5.28. The van der Waals surface area contributed by atoms with Crippen LogP contribution in [0.25, 0.3) is 22.2 Å². The Morgan fingerprint density at radius 2 is 1.79 bits per heavy atom. The molecule has 28 heavy (non-hydrogen) atoms. The van der Waals surface area contributed by atoms with Gasteiger partial charge in [0.2, 0.25) is 0 Å². The fraction of sp³-hybridized carbons (Fsp3) is 0.375. The molecule has 0 saturated carbocycles. The van der Waals surface area contributed by atoms with Crippen LogP contribution in [0.1, 0.15) is 25.7 Å². The van der Waals surface area contributed by atoms with E-state index in [1.165, 1.54) is 44.3 Å². The van der Waals surface area contributed by atoms with Gasteiger partial charge in [-0.2, -0.15) is 0 Å². The lowest BCUT2D eigenvalue weighted by molar-refractivity contribution is 0.228. The standard InChI is InChI=1S/C24H29N3O/c1-28-20-12-10-19(11-13-20)23-18-24(21-8-3-4-9-22(21)26-23)25-14-7-17-27-15-5-2-6-16-27/h3-4,8-13,18H,2,5-7,14-17H2,1H3,(H,25,26). The summed E-state index contributed by atoms with van der Waals surface area (Å²) < 4.78 is 5.28. The molecule has 1 saturated heterocycles. The van der Waals surface area contributed by atoms with Crippen LogP contribution in [0.3, 0.4) is 0 Å². The van der Waals surface area contributed by atoms with Gasteiger partial charge in [-0.25, -0.2) is 4.98 Å². The molecule has 0 amide bonds. The minimum absolute atomic E-state index is 0.862. The van der Waals surface area contributed by atoms with Crippen LogP contribution in [0.2, 0.25) is 0 Å². The van der Waals surface area contributed by atoms with E-state index in [4.69, 9.17) is 9.72 Å². The highest BCUT2D eigenvalue weighted by Crippen LogP contribution is 2.29. The van der Waals surface area contributed by atoms with Crippen molar-refractivity contribution < 1.29 is 4.74 Å². The zero-order valence-electron chi connectivity index (χ0n) is 16.7. The van der Waals surface area contributed by atoms with Gasteiger partial charge in [0.05, 0.1) is 18.3 Å². The van der Waals surface area contributed by atoms with Crippen molar-refractivity contribution in [3.8, 4) is 17.0 Å². The van der Waals surface area contributed by atoms with Crippen LogP contribution >= 0.6 is 0 Å². The number of benzene rings is 2. The summed E-state index contributed by atoms with van der Waals surface area (Å²) in [6.07, 6.45) is 5.27. The molecule has 1 aromatic heterocycles. The summed E-state index contributed by atoms with van der Waals surface area (Å²) >= 11 is 0. The highest BCUT2D eigenvalue weighted by Gasteiger charge is 2.10. The molecule has 0 aliphatic carbocycles. The predicted molar refractivity (Wildman–Crippen MR) is 117 cm³/mol. The molecule has 1 fully saturated rings. The van der Waals surface area contributed by atoms with Crippen molar-refractivity contribution in [1.29, 1.82) is 0 Å². The van der Waals surface area contributed by atoms with E-state index in [1.54, 1.807) is 7.11 Å². The molecule has 1 N–H and O–H groups in total. The van der Waals surface area contributed by atoms with Crippen LogP contribution in [0.4, 0.5) is 5.69 Å². The molecule has 4 rings (SSSR count). The topological polar surface area (TPSA) is 37.4 Å². The van der Waals surface area contributed by atoms with Crippen molar-refractivity contribution in [2.45, 2.75) is 25.7 Å². The lowest BCUT2D eigenvalue weighted by atomic mass is 10.1. The Balaban J connectivity index is 1.50. The van der Waals surface area contributed by atoms with Crippen LogP contribution in [0.5, 0.6) is 5.75 Å². The van der Waals surface area contributed by atoms with Crippen LogP contribution in [0, 0.1) is 0 Å². The van der Waals surface area contributed by atoms with Crippen molar-refractivity contribution in [2.24, 2.45) is 0 Å². The van der Waals surface area contributed by atoms with Gasteiger partial charge in [-0.3, -0.25) is 0 Å². The molecule has 4 nitrogen and oxygen atoms in total. The molecule has 0 bridgehead atoms. The number of pyridine rings is 1. The lowest BCUT2D eigenvalue weighted by Gasteiger charge is -2.26. The fourth-order valence-corrected chi connectivity index (χ4v) is 3.94. The fourth-order valence-electron chi connectivity index (χ4n) is 3.94. The Hall–Kier alpha value is -2.59. The molecule has 0 spiro atoms. The number of nitrogens with zero attached hydrogens (tertiary/aromatic N) is 2. The van der Waals surface area contributed by atoms with Crippen molar-refractivity contribution >= 4 is 16.6 Å². The van der Waals surface area contributed by atoms with Gasteiger partial charge in [0.25, 0.3) is 0 Å². The Morgan fingerprint density at radius 3 is 2.57 bits per heavy atom. The average Bonchev–Trinajstić information content (AvgIpc) is 2.77. The number of para-hydroxylation sites is 1. The van der Waals surface area contributed by atoms with Gasteiger partial charge in [-0.15, -0.1) is 0 Å². The number of methoxy groups -OCH3 is 1. The van der Waals surface area contributed by atoms with Crippen LogP contribution < -0.4 is 10.1 Å². The van der Waals surface area contributed by atoms with E-state index in [2.05, 4.69) is 46.6 Å². The van der Waals surface area contributed by atoms with Gasteiger partial charge in [0, 0.05) is 23.2 Å². The number of ether oxygens (including phenoxy) is 1. The highest BCUT2D eigenvalue weighted by molar-refractivity contribution is 5.93. The van der Waals surface area contributed by atoms with Crippen molar-refractivity contribution in [2.75, 3.05) is 38.6 Å². The van der Waals surface area contributed by atoms with E-state index < -0.39 is 0 Å². The molecule has 1 aliphatic rings. The molecular weight excluding hydrogens is 346 g/mol. The Bertz CT molecular complexity index is 901. The summed E-state index contributed by atoms with van der Waals surface area (Å²) in [6, 6.07) is 18.6. The van der Waals surface area contributed by atoms with Crippen molar-refractivity contribution in [3.05, 3.63) is 54.6 Å². The highest BCUT2D eigenvalue weighted by atomic mass is 16.5. The first-order valence-electron chi connectivity index (χ1n) is 10.3. The number of likely N-dealkylation sites (tertiary alicyclic amines) is 1. The first kappa shape index (κ1) is 18.8. The summed E-state index contributed by atoms with van der Waals surface area (Å²) in [5, 5.41) is 4.85. The second-order valence-corrected chi connectivity index (χ2v) is 7.48. The smallest absolute Gasteiger partial charge is 0.118 e. The summed E-state index contributed by atoms with van der Waals surface area (Å²) in [7, 11) is 1.69. The molecule has 0 radical (unpaired) electrons. The van der Waals surface area contributed by atoms with Crippen molar-refractivity contribution in [1.82, 2.24) is 9.88 Å². The van der Waals surface area contributed by atoms with E-state index in [1.807, 2.05) is 18.2 Å². The number of hydrogen-bond acceptors (Lipinski definition) is 4. The summed E-state index contributed by atoms with van der Waals surface area (Å²) in [4.78, 5) is 7.47. The van der Waals surface area contributed by atoms with Crippen LogP contribution in [0.15, 0.2) is 54.6 Å².